The molecule has 0 unspecified atom stereocenters. The number of benzene rings is 1. The van der Waals surface area contributed by atoms with E-state index in [1.165, 1.54) is 6.20 Å². The van der Waals surface area contributed by atoms with E-state index in [2.05, 4.69) is 44.2 Å². The zero-order valence-electron chi connectivity index (χ0n) is 24.8. The quantitative estimate of drug-likeness (QED) is 0.221. The number of pyridine rings is 1. The van der Waals surface area contributed by atoms with Crippen LogP contribution in [0, 0.1) is 0 Å². The second kappa shape index (κ2) is 13.6. The minimum atomic E-state index is -2.23. The number of rotatable bonds is 11. The Morgan fingerprint density at radius 2 is 1.82 bits per heavy atom. The van der Waals surface area contributed by atoms with Gasteiger partial charge < -0.3 is 24.1 Å². The normalized spacial score (nSPS) is 13.0. The molecule has 1 N–H and O–H groups in total. The van der Waals surface area contributed by atoms with Gasteiger partial charge in [0.25, 0.3) is 0 Å². The van der Waals surface area contributed by atoms with Crippen molar-refractivity contribution in [1.82, 2.24) is 9.88 Å². The fourth-order valence-electron chi connectivity index (χ4n) is 3.48. The minimum absolute atomic E-state index is 0.0358. The first-order valence-electron chi connectivity index (χ1n) is 13.3. The summed E-state index contributed by atoms with van der Waals surface area (Å²) in [5, 5.41) is 3.80. The molecule has 8 nitrogen and oxygen atoms in total. The summed E-state index contributed by atoms with van der Waals surface area (Å²) in [5.74, 6) is -0.435. The predicted molar refractivity (Wildman–Crippen MR) is 159 cm³/mol. The second-order valence-corrected chi connectivity index (χ2v) is 17.1. The van der Waals surface area contributed by atoms with Gasteiger partial charge in [-0.25, -0.2) is 9.59 Å². The van der Waals surface area contributed by atoms with Gasteiger partial charge in [-0.05, 0) is 69.6 Å². The van der Waals surface area contributed by atoms with Gasteiger partial charge in [0.05, 0.1) is 36.7 Å². The molecule has 2 aromatic rings. The molecule has 0 aliphatic carbocycles. The summed E-state index contributed by atoms with van der Waals surface area (Å²) in [5.41, 5.74) is 1.14. The molecule has 1 heterocycles. The summed E-state index contributed by atoms with van der Waals surface area (Å²) in [6.45, 7) is 19.3. The van der Waals surface area contributed by atoms with Crippen LogP contribution in [0.1, 0.15) is 70.5 Å². The lowest BCUT2D eigenvalue weighted by molar-refractivity contribution is 0.0165. The van der Waals surface area contributed by atoms with E-state index in [0.717, 1.165) is 5.56 Å². The van der Waals surface area contributed by atoms with Crippen molar-refractivity contribution in [2.45, 2.75) is 78.3 Å². The molecule has 216 valence electrons. The largest absolute Gasteiger partial charge is 0.462 e. The number of hydrogen-bond donors (Lipinski definition) is 1. The van der Waals surface area contributed by atoms with Crippen molar-refractivity contribution in [2.75, 3.05) is 31.6 Å². The van der Waals surface area contributed by atoms with Crippen LogP contribution in [0.25, 0.3) is 0 Å². The predicted octanol–water partition coefficient (Wildman–Crippen LogP) is 7.32. The van der Waals surface area contributed by atoms with Gasteiger partial charge in [0.2, 0.25) is 0 Å². The molecule has 0 fully saturated rings. The molecule has 1 aromatic carbocycles. The van der Waals surface area contributed by atoms with Crippen LogP contribution < -0.4 is 5.32 Å². The lowest BCUT2D eigenvalue weighted by atomic mass is 10.1. The molecule has 0 spiro atoms. The molecule has 10 heteroatoms. The third kappa shape index (κ3) is 10.1. The molecule has 0 aliphatic rings. The Hall–Kier alpha value is -2.62. The summed E-state index contributed by atoms with van der Waals surface area (Å²) in [4.78, 5) is 31.5. The van der Waals surface area contributed by atoms with E-state index >= 15 is 0 Å². The molecule has 0 aliphatic heterocycles. The SMILES string of the molecule is CCOC(=O)c1ccncc1NCCN(C[C@H](O[Si](C)(C)C(C)(C)C)c1cccc(Cl)c1)C(=O)OC(C)(C)C. The first-order valence-corrected chi connectivity index (χ1v) is 16.6. The highest BCUT2D eigenvalue weighted by molar-refractivity contribution is 6.74. The highest BCUT2D eigenvalue weighted by Gasteiger charge is 2.40. The number of nitrogens with zero attached hydrogens (tertiary/aromatic N) is 2. The lowest BCUT2D eigenvalue weighted by Gasteiger charge is -2.40. The van der Waals surface area contributed by atoms with Crippen molar-refractivity contribution >= 4 is 37.7 Å². The summed E-state index contributed by atoms with van der Waals surface area (Å²) in [7, 11) is -2.23. The van der Waals surface area contributed by atoms with Crippen LogP contribution in [0.15, 0.2) is 42.7 Å². The van der Waals surface area contributed by atoms with Gasteiger partial charge in [0, 0.05) is 24.3 Å². The summed E-state index contributed by atoms with van der Waals surface area (Å²) in [6, 6.07) is 9.16. The van der Waals surface area contributed by atoms with Gasteiger partial charge in [-0.3, -0.25) is 4.98 Å². The molecule has 0 bridgehead atoms. The van der Waals surface area contributed by atoms with Gasteiger partial charge in [-0.2, -0.15) is 0 Å². The highest BCUT2D eigenvalue weighted by atomic mass is 35.5. The third-order valence-electron chi connectivity index (χ3n) is 6.52. The molecule has 0 saturated heterocycles. The number of aromatic nitrogens is 1. The smallest absolute Gasteiger partial charge is 0.410 e. The van der Waals surface area contributed by atoms with Gasteiger partial charge in [-0.1, -0.05) is 44.5 Å². The molecule has 0 saturated carbocycles. The maximum absolute atomic E-state index is 13.4. The number of amides is 1. The van der Waals surface area contributed by atoms with Crippen LogP contribution in [0.5, 0.6) is 0 Å². The van der Waals surface area contributed by atoms with E-state index in [1.54, 1.807) is 24.1 Å². The van der Waals surface area contributed by atoms with Gasteiger partial charge in [0.15, 0.2) is 8.32 Å². The summed E-state index contributed by atoms with van der Waals surface area (Å²) in [6.07, 6.45) is 2.25. The van der Waals surface area contributed by atoms with Crippen LogP contribution in [0.2, 0.25) is 23.2 Å². The van der Waals surface area contributed by atoms with Crippen LogP contribution in [0.4, 0.5) is 10.5 Å². The van der Waals surface area contributed by atoms with Crippen LogP contribution in [-0.2, 0) is 13.9 Å². The Labute approximate surface area is 239 Å². The fraction of sp³-hybridized carbons (Fsp3) is 0.552. The number of carbonyl (C=O) groups excluding carboxylic acids is 2. The van der Waals surface area contributed by atoms with E-state index < -0.39 is 32.1 Å². The molecular formula is C29H44ClN3O5Si. The maximum Gasteiger partial charge on any atom is 0.410 e. The Bertz CT molecular complexity index is 1110. The van der Waals surface area contributed by atoms with Crippen molar-refractivity contribution in [3.63, 3.8) is 0 Å². The lowest BCUT2D eigenvalue weighted by Crippen LogP contribution is -2.46. The zero-order chi connectivity index (χ0) is 29.4. The number of esters is 1. The first kappa shape index (κ1) is 32.6. The molecule has 2 rings (SSSR count). The number of nitrogens with one attached hydrogen (secondary N) is 1. The highest BCUT2D eigenvalue weighted by Crippen LogP contribution is 2.40. The molecular weight excluding hydrogens is 534 g/mol. The summed E-state index contributed by atoms with van der Waals surface area (Å²) >= 11 is 6.35. The standard InChI is InChI=1S/C29H44ClN3O5Si/c1-10-36-26(34)23-14-15-31-19-24(23)32-16-17-33(27(35)37-28(2,3)4)20-25(21-12-11-13-22(30)18-21)38-39(8,9)29(5,6)7/h11-15,18-19,25,32H,10,16-17,20H2,1-9H3/t25-/m0/s1. The number of hydrogen-bond acceptors (Lipinski definition) is 7. The van der Waals surface area contributed by atoms with E-state index in [1.807, 2.05) is 45.0 Å². The Morgan fingerprint density at radius 3 is 2.41 bits per heavy atom. The van der Waals surface area contributed by atoms with Gasteiger partial charge >= 0.3 is 12.1 Å². The zero-order valence-corrected chi connectivity index (χ0v) is 26.5. The molecule has 1 aromatic heterocycles. The molecule has 39 heavy (non-hydrogen) atoms. The second-order valence-electron chi connectivity index (χ2n) is 11.9. The van der Waals surface area contributed by atoms with Crippen LogP contribution in [-0.4, -0.2) is 62.1 Å². The summed E-state index contributed by atoms with van der Waals surface area (Å²) < 4.78 is 17.8. The average Bonchev–Trinajstić information content (AvgIpc) is 2.81. The van der Waals surface area contributed by atoms with E-state index in [-0.39, 0.29) is 18.2 Å². The van der Waals surface area contributed by atoms with Crippen molar-refractivity contribution in [3.8, 4) is 0 Å². The van der Waals surface area contributed by atoms with Crippen molar-refractivity contribution < 1.29 is 23.5 Å². The van der Waals surface area contributed by atoms with Crippen molar-refractivity contribution in [1.29, 1.82) is 0 Å². The average molecular weight is 578 g/mol. The van der Waals surface area contributed by atoms with Crippen LogP contribution in [0.3, 0.4) is 0 Å². The topological polar surface area (TPSA) is 90.0 Å². The number of ether oxygens (including phenoxy) is 2. The Kier molecular flexibility index (Phi) is 11.4. The monoisotopic (exact) mass is 577 g/mol. The number of halogens is 1. The molecule has 1 amide bonds. The van der Waals surface area contributed by atoms with Crippen molar-refractivity contribution in [3.05, 3.63) is 58.9 Å². The number of carbonyl (C=O) groups is 2. The fourth-order valence-corrected chi connectivity index (χ4v) is 4.96. The maximum atomic E-state index is 13.4. The van der Waals surface area contributed by atoms with Gasteiger partial charge in [0.1, 0.15) is 5.60 Å². The molecule has 0 radical (unpaired) electrons. The Morgan fingerprint density at radius 1 is 1.13 bits per heavy atom. The number of anilines is 1. The molecule has 1 atom stereocenters. The van der Waals surface area contributed by atoms with Gasteiger partial charge in [-0.15, -0.1) is 0 Å². The van der Waals surface area contributed by atoms with Crippen molar-refractivity contribution in [2.24, 2.45) is 0 Å². The first-order chi connectivity index (χ1) is 18.0. The Balaban J connectivity index is 2.34. The third-order valence-corrected chi connectivity index (χ3v) is 11.2. The van der Waals surface area contributed by atoms with E-state index in [9.17, 15) is 9.59 Å². The minimum Gasteiger partial charge on any atom is -0.462 e. The van der Waals surface area contributed by atoms with E-state index in [4.69, 9.17) is 25.5 Å². The van der Waals surface area contributed by atoms with Crippen LogP contribution >= 0.6 is 11.6 Å². The van der Waals surface area contributed by atoms with E-state index in [0.29, 0.717) is 29.4 Å².